The number of rotatable bonds is 8. The highest BCUT2D eigenvalue weighted by atomic mass is 31.1. The van der Waals surface area contributed by atoms with Gasteiger partial charge >= 0.3 is 0 Å². The van der Waals surface area contributed by atoms with Crippen LogP contribution in [-0.4, -0.2) is 34.9 Å². The molecule has 1 unspecified atom stereocenters. The fourth-order valence-electron chi connectivity index (χ4n) is 7.16. The van der Waals surface area contributed by atoms with E-state index in [-0.39, 0.29) is 18.0 Å². The number of para-hydroxylation sites is 1. The highest BCUT2D eigenvalue weighted by molar-refractivity contribution is 7.80. The number of hydrogen-bond donors (Lipinski definition) is 1. The number of fused-ring (bicyclic) bond motifs is 4. The maximum Gasteiger partial charge on any atom is 0.252 e. The molecule has 3 saturated heterocycles. The second-order valence-electron chi connectivity index (χ2n) is 11.6. The molecule has 0 spiro atoms. The smallest absolute Gasteiger partial charge is 0.252 e. The number of carbonyl (C=O) groups excluding carboxylic acids is 1. The Labute approximate surface area is 255 Å². The molecule has 1 aromatic heterocycles. The van der Waals surface area contributed by atoms with Crippen molar-refractivity contribution >= 4 is 40.6 Å². The highest BCUT2D eigenvalue weighted by Gasteiger charge is 2.43. The molecule has 3 aliphatic rings. The summed E-state index contributed by atoms with van der Waals surface area (Å²) in [6, 6.07) is 39.8. The number of benzene rings is 4. The summed E-state index contributed by atoms with van der Waals surface area (Å²) >= 11 is 0. The number of piperidine rings is 3. The lowest BCUT2D eigenvalue weighted by atomic mass is 9.73. The van der Waals surface area contributed by atoms with E-state index in [0.29, 0.717) is 11.8 Å². The zero-order valence-corrected chi connectivity index (χ0v) is 25.1. The minimum Gasteiger partial charge on any atom is -0.344 e. The van der Waals surface area contributed by atoms with Crippen LogP contribution in [0.1, 0.15) is 34.8 Å². The number of aromatic nitrogens is 1. The van der Waals surface area contributed by atoms with Gasteiger partial charge in [0.25, 0.3) is 5.91 Å². The maximum atomic E-state index is 14.6. The van der Waals surface area contributed by atoms with Gasteiger partial charge in [0, 0.05) is 29.7 Å². The van der Waals surface area contributed by atoms with Crippen molar-refractivity contribution in [2.75, 3.05) is 13.1 Å². The molecule has 0 radical (unpaired) electrons. The van der Waals surface area contributed by atoms with Gasteiger partial charge in [0.1, 0.15) is 0 Å². The molecule has 4 aromatic carbocycles. The Morgan fingerprint density at radius 3 is 2.26 bits per heavy atom. The number of nitrogens with one attached hydrogen (secondary N) is 1. The summed E-state index contributed by atoms with van der Waals surface area (Å²) in [4.78, 5) is 21.8. The van der Waals surface area contributed by atoms with E-state index >= 15 is 0 Å². The summed E-state index contributed by atoms with van der Waals surface area (Å²) in [6.07, 6.45) is 6.25. The lowest BCUT2D eigenvalue weighted by molar-refractivity contribution is 0.00171. The molecule has 2 bridgehead atoms. The summed E-state index contributed by atoms with van der Waals surface area (Å²) in [5, 5.41) is 8.23. The van der Waals surface area contributed by atoms with Crippen molar-refractivity contribution in [1.29, 1.82) is 0 Å². The van der Waals surface area contributed by atoms with Gasteiger partial charge < -0.3 is 5.32 Å². The lowest BCUT2D eigenvalue weighted by Gasteiger charge is -2.51. The molecule has 1 N–H and O–H groups in total. The second kappa shape index (κ2) is 12.2. The van der Waals surface area contributed by atoms with Gasteiger partial charge in [0.15, 0.2) is 0 Å². The molecule has 0 saturated carbocycles. The van der Waals surface area contributed by atoms with Crippen LogP contribution in [-0.2, 0) is 0 Å². The van der Waals surface area contributed by atoms with Gasteiger partial charge in [-0.1, -0.05) is 103 Å². The Bertz CT molecular complexity index is 1700. The Balaban J connectivity index is 1.30. The van der Waals surface area contributed by atoms with E-state index in [2.05, 4.69) is 113 Å². The van der Waals surface area contributed by atoms with Crippen LogP contribution in [0.2, 0.25) is 0 Å². The molecule has 8 rings (SSSR count). The Morgan fingerprint density at radius 2 is 1.56 bits per heavy atom. The van der Waals surface area contributed by atoms with Crippen LogP contribution >= 0.6 is 7.92 Å². The van der Waals surface area contributed by atoms with Gasteiger partial charge in [-0.05, 0) is 78.8 Å². The van der Waals surface area contributed by atoms with E-state index in [0.717, 1.165) is 46.8 Å². The first-order valence-corrected chi connectivity index (χ1v) is 16.6. The van der Waals surface area contributed by atoms with Crippen LogP contribution in [0.4, 0.5) is 0 Å². The number of pyridine rings is 1. The van der Waals surface area contributed by atoms with Crippen LogP contribution in [0, 0.1) is 11.8 Å². The van der Waals surface area contributed by atoms with Crippen molar-refractivity contribution in [3.8, 4) is 0 Å². The van der Waals surface area contributed by atoms with Crippen LogP contribution in [0.15, 0.2) is 134 Å². The fraction of sp³-hybridized carbons (Fsp3) is 0.211. The van der Waals surface area contributed by atoms with Crippen LogP contribution < -0.4 is 21.2 Å². The molecule has 4 heterocycles. The van der Waals surface area contributed by atoms with Gasteiger partial charge in [-0.3, -0.25) is 14.7 Å². The van der Waals surface area contributed by atoms with E-state index in [1.807, 2.05) is 36.5 Å². The van der Waals surface area contributed by atoms with Gasteiger partial charge in [0.05, 0.1) is 11.6 Å². The first-order chi connectivity index (χ1) is 21.2. The van der Waals surface area contributed by atoms with E-state index in [1.165, 1.54) is 17.0 Å². The standard InChI is InChI=1S/C38H36N3OP/c1-2-27-26-41-24-22-28(27)25-35(41)37(32-21-23-39-34-19-11-9-17-31(32)34)40-38(42)33-18-10-12-20-36(33)43(29-13-5-3-6-14-29)30-15-7-4-8-16-30/h2-21,23,27-28,35,37H,1,22,24-26H2,(H,40,42)/t27-,28-,35-,37+/m0/s1. The summed E-state index contributed by atoms with van der Waals surface area (Å²) in [5.74, 6) is 1.08. The zero-order chi connectivity index (χ0) is 29.2. The molecular formula is C38H36N3OP. The van der Waals surface area contributed by atoms with Gasteiger partial charge in [-0.2, -0.15) is 0 Å². The maximum absolute atomic E-state index is 14.6. The minimum atomic E-state index is -0.927. The summed E-state index contributed by atoms with van der Waals surface area (Å²) in [5.41, 5.74) is 2.83. The largest absolute Gasteiger partial charge is 0.344 e. The number of amides is 1. The summed E-state index contributed by atoms with van der Waals surface area (Å²) < 4.78 is 0. The van der Waals surface area contributed by atoms with Crippen molar-refractivity contribution in [2.45, 2.75) is 24.9 Å². The third-order valence-corrected chi connectivity index (χ3v) is 11.8. The lowest BCUT2D eigenvalue weighted by Crippen LogP contribution is -2.57. The van der Waals surface area contributed by atoms with Crippen LogP contribution in [0.3, 0.4) is 0 Å². The fourth-order valence-corrected chi connectivity index (χ4v) is 9.60. The van der Waals surface area contributed by atoms with E-state index in [9.17, 15) is 4.79 Å². The molecule has 3 aliphatic heterocycles. The number of nitrogens with zero attached hydrogens (tertiary/aromatic N) is 2. The first kappa shape index (κ1) is 27.7. The molecule has 214 valence electrons. The Kier molecular flexibility index (Phi) is 7.89. The monoisotopic (exact) mass is 581 g/mol. The van der Waals surface area contributed by atoms with Crippen molar-refractivity contribution < 1.29 is 4.79 Å². The highest BCUT2D eigenvalue weighted by Crippen LogP contribution is 2.42. The SMILES string of the molecule is C=C[C@H]1CN2CC[C@H]1C[C@H]2[C@H](NC(=O)c1ccccc1P(c1ccccc1)c1ccccc1)c1ccnc2ccccc12. The van der Waals surface area contributed by atoms with Gasteiger partial charge in [-0.15, -0.1) is 6.58 Å². The molecule has 5 atom stereocenters. The Morgan fingerprint density at radius 1 is 0.884 bits per heavy atom. The first-order valence-electron chi connectivity index (χ1n) is 15.2. The van der Waals surface area contributed by atoms with E-state index in [4.69, 9.17) is 0 Å². The molecule has 4 nitrogen and oxygen atoms in total. The third kappa shape index (κ3) is 5.42. The average molecular weight is 582 g/mol. The van der Waals surface area contributed by atoms with Gasteiger partial charge in [0.2, 0.25) is 0 Å². The second-order valence-corrected chi connectivity index (χ2v) is 13.8. The summed E-state index contributed by atoms with van der Waals surface area (Å²) in [6.45, 7) is 6.19. The topological polar surface area (TPSA) is 45.2 Å². The molecule has 43 heavy (non-hydrogen) atoms. The van der Waals surface area contributed by atoms with Crippen molar-refractivity contribution in [3.63, 3.8) is 0 Å². The molecular weight excluding hydrogens is 545 g/mol. The van der Waals surface area contributed by atoms with Crippen molar-refractivity contribution in [3.05, 3.63) is 145 Å². The zero-order valence-electron chi connectivity index (χ0n) is 24.2. The van der Waals surface area contributed by atoms with Gasteiger partial charge in [-0.25, -0.2) is 0 Å². The predicted octanol–water partition coefficient (Wildman–Crippen LogP) is 6.36. The number of carbonyl (C=O) groups is 1. The van der Waals surface area contributed by atoms with Crippen LogP contribution in [0.25, 0.3) is 10.9 Å². The van der Waals surface area contributed by atoms with E-state index in [1.54, 1.807) is 0 Å². The minimum absolute atomic E-state index is 0.0243. The molecule has 5 aromatic rings. The molecule has 1 amide bonds. The molecule has 5 heteroatoms. The third-order valence-electron chi connectivity index (χ3n) is 9.26. The average Bonchev–Trinajstić information content (AvgIpc) is 3.08. The molecule has 0 aliphatic carbocycles. The normalized spacial score (nSPS) is 21.9. The van der Waals surface area contributed by atoms with Crippen molar-refractivity contribution in [2.24, 2.45) is 11.8 Å². The van der Waals surface area contributed by atoms with E-state index < -0.39 is 7.92 Å². The quantitative estimate of drug-likeness (QED) is 0.171. The Hall–Kier alpha value is -4.11. The summed E-state index contributed by atoms with van der Waals surface area (Å²) in [7, 11) is -0.927. The van der Waals surface area contributed by atoms with Crippen LogP contribution in [0.5, 0.6) is 0 Å². The predicted molar refractivity (Wildman–Crippen MR) is 179 cm³/mol. The number of hydrogen-bond acceptors (Lipinski definition) is 3. The van der Waals surface area contributed by atoms with Crippen molar-refractivity contribution in [1.82, 2.24) is 15.2 Å². The molecule has 3 fully saturated rings.